The van der Waals surface area contributed by atoms with Crippen molar-refractivity contribution in [2.75, 3.05) is 0 Å². The second kappa shape index (κ2) is 4.51. The normalized spacial score (nSPS) is 12.0. The van der Waals surface area contributed by atoms with E-state index in [0.717, 1.165) is 0 Å². The van der Waals surface area contributed by atoms with Gasteiger partial charge in [-0.25, -0.2) is 13.6 Å². The number of para-hydroxylation sites is 1. The zero-order valence-electron chi connectivity index (χ0n) is 10.1. The first-order valence-electron chi connectivity index (χ1n) is 5.45. The lowest BCUT2D eigenvalue weighted by molar-refractivity contribution is 0.583. The molecule has 0 aliphatic carbocycles. The zero-order chi connectivity index (χ0) is 13.3. The molecular formula is C11H14N4O2S. The maximum Gasteiger partial charge on any atom is 0.274 e. The molecule has 2 aromatic rings. The third kappa shape index (κ3) is 2.27. The number of nitrogens with zero attached hydrogens (tertiary/aromatic N) is 3. The smallest absolute Gasteiger partial charge is 0.269 e. The summed E-state index contributed by atoms with van der Waals surface area (Å²) in [6.45, 7) is 3.83. The first-order valence-corrected chi connectivity index (χ1v) is 6.99. The van der Waals surface area contributed by atoms with Crippen molar-refractivity contribution in [1.82, 2.24) is 14.8 Å². The Kier molecular flexibility index (Phi) is 3.18. The van der Waals surface area contributed by atoms with Gasteiger partial charge in [-0.15, -0.1) is 10.2 Å². The molecule has 0 aliphatic rings. The average Bonchev–Trinajstić information content (AvgIpc) is 2.74. The van der Waals surface area contributed by atoms with Crippen LogP contribution in [-0.2, 0) is 10.0 Å². The molecule has 0 saturated carbocycles. The summed E-state index contributed by atoms with van der Waals surface area (Å²) in [6.07, 6.45) is 0. The highest BCUT2D eigenvalue weighted by Gasteiger charge is 2.23. The van der Waals surface area contributed by atoms with Gasteiger partial charge in [0.1, 0.15) is 5.82 Å². The van der Waals surface area contributed by atoms with Crippen molar-refractivity contribution in [1.29, 1.82) is 0 Å². The van der Waals surface area contributed by atoms with Gasteiger partial charge in [0.05, 0.1) is 0 Å². The Hall–Kier alpha value is -1.73. The summed E-state index contributed by atoms with van der Waals surface area (Å²) in [5, 5.41) is 12.5. The molecule has 0 fully saturated rings. The highest BCUT2D eigenvalue weighted by Crippen LogP contribution is 2.21. The Balaban J connectivity index is 2.74. The third-order valence-corrected chi connectivity index (χ3v) is 3.22. The Bertz CT molecular complexity index is 647. The first kappa shape index (κ1) is 12.7. The SMILES string of the molecule is CC(C)c1nnc(S(N)(=O)=O)n1-c1ccccc1. The van der Waals surface area contributed by atoms with E-state index in [4.69, 9.17) is 5.14 Å². The van der Waals surface area contributed by atoms with Crippen LogP contribution >= 0.6 is 0 Å². The van der Waals surface area contributed by atoms with E-state index < -0.39 is 10.0 Å². The van der Waals surface area contributed by atoms with Crippen molar-refractivity contribution in [2.24, 2.45) is 5.14 Å². The summed E-state index contributed by atoms with van der Waals surface area (Å²) in [6, 6.07) is 9.03. The first-order chi connectivity index (χ1) is 8.41. The van der Waals surface area contributed by atoms with Crippen LogP contribution in [0.25, 0.3) is 5.69 Å². The molecule has 0 radical (unpaired) electrons. The van der Waals surface area contributed by atoms with Crippen molar-refractivity contribution in [2.45, 2.75) is 24.9 Å². The molecule has 96 valence electrons. The van der Waals surface area contributed by atoms with E-state index >= 15 is 0 Å². The van der Waals surface area contributed by atoms with Crippen molar-refractivity contribution in [3.8, 4) is 5.69 Å². The molecule has 0 saturated heterocycles. The zero-order valence-corrected chi connectivity index (χ0v) is 10.9. The van der Waals surface area contributed by atoms with Crippen LogP contribution in [0, 0.1) is 0 Å². The monoisotopic (exact) mass is 266 g/mol. The summed E-state index contributed by atoms with van der Waals surface area (Å²) in [7, 11) is -3.90. The Morgan fingerprint density at radius 3 is 2.28 bits per heavy atom. The molecule has 0 amide bonds. The molecule has 6 nitrogen and oxygen atoms in total. The topological polar surface area (TPSA) is 90.9 Å². The second-order valence-electron chi connectivity index (χ2n) is 4.21. The van der Waals surface area contributed by atoms with E-state index in [1.54, 1.807) is 12.1 Å². The van der Waals surface area contributed by atoms with Gasteiger partial charge in [0.25, 0.3) is 15.2 Å². The molecule has 0 spiro atoms. The molecule has 7 heteroatoms. The summed E-state index contributed by atoms with van der Waals surface area (Å²) < 4.78 is 24.5. The minimum Gasteiger partial charge on any atom is -0.269 e. The van der Waals surface area contributed by atoms with Crippen LogP contribution in [0.1, 0.15) is 25.6 Å². The Labute approximate surface area is 106 Å². The lowest BCUT2D eigenvalue weighted by Gasteiger charge is -2.10. The number of nitrogens with two attached hydrogens (primary N) is 1. The molecular weight excluding hydrogens is 252 g/mol. The van der Waals surface area contributed by atoms with Crippen molar-refractivity contribution in [3.05, 3.63) is 36.2 Å². The van der Waals surface area contributed by atoms with E-state index in [-0.39, 0.29) is 11.1 Å². The summed E-state index contributed by atoms with van der Waals surface area (Å²) in [4.78, 5) is 0. The molecule has 2 rings (SSSR count). The predicted molar refractivity (Wildman–Crippen MR) is 66.8 cm³/mol. The van der Waals surface area contributed by atoms with Crippen LogP contribution in [0.2, 0.25) is 0 Å². The molecule has 1 heterocycles. The Morgan fingerprint density at radius 1 is 1.17 bits per heavy atom. The Morgan fingerprint density at radius 2 is 1.78 bits per heavy atom. The van der Waals surface area contributed by atoms with Crippen molar-refractivity contribution < 1.29 is 8.42 Å². The van der Waals surface area contributed by atoms with E-state index in [0.29, 0.717) is 11.5 Å². The van der Waals surface area contributed by atoms with Crippen LogP contribution in [0.3, 0.4) is 0 Å². The number of hydrogen-bond acceptors (Lipinski definition) is 4. The van der Waals surface area contributed by atoms with E-state index in [1.807, 2.05) is 32.0 Å². The number of hydrogen-bond donors (Lipinski definition) is 1. The summed E-state index contributed by atoms with van der Waals surface area (Å²) >= 11 is 0. The number of aromatic nitrogens is 3. The van der Waals surface area contributed by atoms with Crippen molar-refractivity contribution >= 4 is 10.0 Å². The number of primary sulfonamides is 1. The molecule has 0 unspecified atom stereocenters. The van der Waals surface area contributed by atoms with E-state index in [2.05, 4.69) is 10.2 Å². The molecule has 2 N–H and O–H groups in total. The minimum atomic E-state index is -3.90. The molecule has 1 aromatic heterocycles. The lowest BCUT2D eigenvalue weighted by atomic mass is 10.2. The van der Waals surface area contributed by atoms with Gasteiger partial charge >= 0.3 is 0 Å². The number of benzene rings is 1. The summed E-state index contributed by atoms with van der Waals surface area (Å²) in [5.41, 5.74) is 0.676. The highest BCUT2D eigenvalue weighted by molar-refractivity contribution is 7.89. The largest absolute Gasteiger partial charge is 0.274 e. The standard InChI is InChI=1S/C11H14N4O2S/c1-8(2)10-13-14-11(18(12,16)17)15(10)9-6-4-3-5-7-9/h3-8H,1-2H3,(H2,12,16,17). The number of sulfonamides is 1. The van der Waals surface area contributed by atoms with E-state index in [9.17, 15) is 8.42 Å². The van der Waals surface area contributed by atoms with Gasteiger partial charge in [-0.2, -0.15) is 0 Å². The van der Waals surface area contributed by atoms with Gasteiger partial charge in [0.15, 0.2) is 0 Å². The van der Waals surface area contributed by atoms with Crippen LogP contribution < -0.4 is 5.14 Å². The maximum atomic E-state index is 11.5. The highest BCUT2D eigenvalue weighted by atomic mass is 32.2. The third-order valence-electron chi connectivity index (χ3n) is 2.44. The molecule has 1 aromatic carbocycles. The number of rotatable bonds is 3. The predicted octanol–water partition coefficient (Wildman–Crippen LogP) is 1.04. The molecule has 0 bridgehead atoms. The fourth-order valence-corrected chi connectivity index (χ4v) is 2.27. The fraction of sp³-hybridized carbons (Fsp3) is 0.273. The van der Waals surface area contributed by atoms with Gasteiger partial charge in [-0.3, -0.25) is 4.57 Å². The van der Waals surface area contributed by atoms with Gasteiger partial charge in [-0.05, 0) is 12.1 Å². The van der Waals surface area contributed by atoms with Crippen LogP contribution in [-0.4, -0.2) is 23.2 Å². The molecule has 18 heavy (non-hydrogen) atoms. The lowest BCUT2D eigenvalue weighted by Crippen LogP contribution is -2.18. The summed E-state index contributed by atoms with van der Waals surface area (Å²) in [5.74, 6) is 0.596. The van der Waals surface area contributed by atoms with Crippen LogP contribution in [0.4, 0.5) is 0 Å². The average molecular weight is 266 g/mol. The minimum absolute atomic E-state index is 0.0354. The van der Waals surface area contributed by atoms with Crippen molar-refractivity contribution in [3.63, 3.8) is 0 Å². The second-order valence-corrected chi connectivity index (χ2v) is 5.67. The van der Waals surface area contributed by atoms with Gasteiger partial charge in [-0.1, -0.05) is 32.0 Å². The van der Waals surface area contributed by atoms with E-state index in [1.165, 1.54) is 4.57 Å². The fourth-order valence-electron chi connectivity index (χ4n) is 1.66. The maximum absolute atomic E-state index is 11.5. The van der Waals surface area contributed by atoms with Gasteiger partial charge in [0, 0.05) is 11.6 Å². The quantitative estimate of drug-likeness (QED) is 0.898. The van der Waals surface area contributed by atoms with Crippen LogP contribution in [0.15, 0.2) is 35.5 Å². The van der Waals surface area contributed by atoms with Gasteiger partial charge < -0.3 is 0 Å². The molecule has 0 atom stereocenters. The van der Waals surface area contributed by atoms with Gasteiger partial charge in [0.2, 0.25) is 0 Å². The molecule has 0 aliphatic heterocycles. The van der Waals surface area contributed by atoms with Crippen LogP contribution in [0.5, 0.6) is 0 Å².